The summed E-state index contributed by atoms with van der Waals surface area (Å²) in [7, 11) is 0. The van der Waals surface area contributed by atoms with Crippen molar-refractivity contribution >= 4 is 23.4 Å². The predicted molar refractivity (Wildman–Crippen MR) is 103 cm³/mol. The van der Waals surface area contributed by atoms with Crippen molar-refractivity contribution in [1.29, 1.82) is 0 Å². The van der Waals surface area contributed by atoms with E-state index in [0.29, 0.717) is 23.9 Å². The third-order valence-corrected chi connectivity index (χ3v) is 5.37. The van der Waals surface area contributed by atoms with E-state index in [-0.39, 0.29) is 17.9 Å². The highest BCUT2D eigenvalue weighted by Crippen LogP contribution is 2.22. The topological polar surface area (TPSA) is 61.4 Å². The van der Waals surface area contributed by atoms with Crippen LogP contribution in [0.3, 0.4) is 0 Å². The summed E-state index contributed by atoms with van der Waals surface area (Å²) in [6.45, 7) is 2.87. The number of carbonyl (C=O) groups excluding carboxylic acids is 2. The Kier molecular flexibility index (Phi) is 6.69. The fourth-order valence-electron chi connectivity index (χ4n) is 3.55. The van der Waals surface area contributed by atoms with Crippen LogP contribution in [0.15, 0.2) is 36.4 Å². The van der Waals surface area contributed by atoms with Crippen molar-refractivity contribution in [2.24, 2.45) is 5.92 Å². The molecule has 1 fully saturated rings. The van der Waals surface area contributed by atoms with Gasteiger partial charge in [0, 0.05) is 37.6 Å². The van der Waals surface area contributed by atoms with Crippen molar-refractivity contribution in [2.75, 3.05) is 19.6 Å². The molecular formula is C20H26ClN3O2. The number of amides is 2. The maximum atomic E-state index is 12.4. The number of hydrogen-bond acceptors (Lipinski definition) is 3. The van der Waals surface area contributed by atoms with Crippen LogP contribution < -0.4 is 10.6 Å². The van der Waals surface area contributed by atoms with Gasteiger partial charge in [0.1, 0.15) is 6.04 Å². The van der Waals surface area contributed by atoms with Crippen LogP contribution in [0, 0.1) is 5.92 Å². The van der Waals surface area contributed by atoms with E-state index in [1.807, 2.05) is 41.3 Å². The molecular weight excluding hydrogens is 350 g/mol. The minimum atomic E-state index is -0.149. The summed E-state index contributed by atoms with van der Waals surface area (Å²) >= 11 is 5.95. The second-order valence-corrected chi connectivity index (χ2v) is 7.46. The first kappa shape index (κ1) is 18.9. The highest BCUT2D eigenvalue weighted by molar-refractivity contribution is 6.30. The number of benzene rings is 1. The average molecular weight is 376 g/mol. The molecule has 6 heteroatoms. The van der Waals surface area contributed by atoms with E-state index >= 15 is 0 Å². The number of piperidine rings is 1. The molecule has 5 nitrogen and oxygen atoms in total. The smallest absolute Gasteiger partial charge is 0.243 e. The molecule has 1 atom stereocenters. The third-order valence-electron chi connectivity index (χ3n) is 5.13. The summed E-state index contributed by atoms with van der Waals surface area (Å²) in [6.07, 6.45) is 7.31. The molecule has 0 spiro atoms. The van der Waals surface area contributed by atoms with Crippen molar-refractivity contribution in [3.63, 3.8) is 0 Å². The first-order valence-corrected chi connectivity index (χ1v) is 9.69. The van der Waals surface area contributed by atoms with E-state index in [0.717, 1.165) is 44.5 Å². The quantitative estimate of drug-likeness (QED) is 0.751. The van der Waals surface area contributed by atoms with E-state index in [2.05, 4.69) is 10.6 Å². The molecule has 1 aromatic rings. The lowest BCUT2D eigenvalue weighted by atomic mass is 9.91. The minimum Gasteiger partial charge on any atom is -0.352 e. The van der Waals surface area contributed by atoms with E-state index < -0.39 is 0 Å². The van der Waals surface area contributed by atoms with Crippen molar-refractivity contribution < 1.29 is 9.59 Å². The standard InChI is InChI=1S/C20H26ClN3O2/c21-17-4-1-3-16(13-17)14-23-19(25)7-6-15-8-11-24(12-9-15)20(26)18-5-2-10-22-18/h1-5,13,15,18,22H,6-12,14H2,(H,23,25)/t18-/m0/s1. The molecule has 2 amide bonds. The molecule has 26 heavy (non-hydrogen) atoms. The van der Waals surface area contributed by atoms with Gasteiger partial charge in [-0.1, -0.05) is 35.9 Å². The zero-order chi connectivity index (χ0) is 18.4. The Bertz CT molecular complexity index is 669. The Morgan fingerprint density at radius 1 is 1.27 bits per heavy atom. The van der Waals surface area contributed by atoms with Gasteiger partial charge in [-0.15, -0.1) is 0 Å². The highest BCUT2D eigenvalue weighted by atomic mass is 35.5. The second kappa shape index (κ2) is 9.19. The van der Waals surface area contributed by atoms with Crippen LogP contribution in [0.4, 0.5) is 0 Å². The fourth-order valence-corrected chi connectivity index (χ4v) is 3.76. The van der Waals surface area contributed by atoms with E-state index in [4.69, 9.17) is 11.6 Å². The number of hydrogen-bond donors (Lipinski definition) is 2. The first-order valence-electron chi connectivity index (χ1n) is 9.32. The minimum absolute atomic E-state index is 0.0729. The molecule has 2 N–H and O–H groups in total. The molecule has 2 aliphatic rings. The highest BCUT2D eigenvalue weighted by Gasteiger charge is 2.27. The zero-order valence-corrected chi connectivity index (χ0v) is 15.7. The van der Waals surface area contributed by atoms with Gasteiger partial charge in [-0.3, -0.25) is 14.9 Å². The van der Waals surface area contributed by atoms with Crippen molar-refractivity contribution in [2.45, 2.75) is 38.3 Å². The van der Waals surface area contributed by atoms with E-state index in [1.165, 1.54) is 0 Å². The zero-order valence-electron chi connectivity index (χ0n) is 14.9. The summed E-state index contributed by atoms with van der Waals surface area (Å²) in [5, 5.41) is 6.81. The molecule has 2 heterocycles. The molecule has 0 aliphatic carbocycles. The molecule has 140 valence electrons. The van der Waals surface area contributed by atoms with Gasteiger partial charge in [0.25, 0.3) is 0 Å². The lowest BCUT2D eigenvalue weighted by Crippen LogP contribution is -2.47. The molecule has 3 rings (SSSR count). The third kappa shape index (κ3) is 5.32. The lowest BCUT2D eigenvalue weighted by Gasteiger charge is -2.33. The van der Waals surface area contributed by atoms with Gasteiger partial charge in [0.2, 0.25) is 11.8 Å². The SMILES string of the molecule is O=C(CCC1CCN(C(=O)[C@@H]2C=CCN2)CC1)NCc1cccc(Cl)c1. The summed E-state index contributed by atoms with van der Waals surface area (Å²) in [6, 6.07) is 7.37. The van der Waals surface area contributed by atoms with Gasteiger partial charge in [-0.2, -0.15) is 0 Å². The van der Waals surface area contributed by atoms with Gasteiger partial charge >= 0.3 is 0 Å². The van der Waals surface area contributed by atoms with E-state index in [1.54, 1.807) is 0 Å². The molecule has 2 aliphatic heterocycles. The summed E-state index contributed by atoms with van der Waals surface area (Å²) in [5.74, 6) is 0.767. The first-order chi connectivity index (χ1) is 12.6. The van der Waals surface area contributed by atoms with Gasteiger partial charge < -0.3 is 10.2 Å². The number of likely N-dealkylation sites (tertiary alicyclic amines) is 1. The van der Waals surface area contributed by atoms with Gasteiger partial charge in [0.05, 0.1) is 0 Å². The summed E-state index contributed by atoms with van der Waals surface area (Å²) in [4.78, 5) is 26.4. The lowest BCUT2D eigenvalue weighted by molar-refractivity contribution is -0.133. The Labute approximate surface area is 159 Å². The molecule has 0 saturated carbocycles. The molecule has 0 aromatic heterocycles. The Morgan fingerprint density at radius 3 is 2.77 bits per heavy atom. The van der Waals surface area contributed by atoms with Crippen molar-refractivity contribution in [1.82, 2.24) is 15.5 Å². The molecule has 1 aromatic carbocycles. The monoisotopic (exact) mass is 375 g/mol. The maximum Gasteiger partial charge on any atom is 0.243 e. The van der Waals surface area contributed by atoms with Gasteiger partial charge in [-0.05, 0) is 42.9 Å². The normalized spacial score (nSPS) is 20.3. The second-order valence-electron chi connectivity index (χ2n) is 7.03. The summed E-state index contributed by atoms with van der Waals surface area (Å²) < 4.78 is 0. The van der Waals surface area contributed by atoms with Crippen LogP contribution in [0.25, 0.3) is 0 Å². The fraction of sp³-hybridized carbons (Fsp3) is 0.500. The number of nitrogens with one attached hydrogen (secondary N) is 2. The van der Waals surface area contributed by atoms with Crippen LogP contribution >= 0.6 is 11.6 Å². The summed E-state index contributed by atoms with van der Waals surface area (Å²) in [5.41, 5.74) is 1.01. The van der Waals surface area contributed by atoms with Crippen molar-refractivity contribution in [3.05, 3.63) is 47.0 Å². The Balaban J connectivity index is 1.33. The molecule has 1 saturated heterocycles. The average Bonchev–Trinajstić information content (AvgIpc) is 3.19. The largest absolute Gasteiger partial charge is 0.352 e. The molecule has 0 radical (unpaired) electrons. The maximum absolute atomic E-state index is 12.4. The Morgan fingerprint density at radius 2 is 2.08 bits per heavy atom. The predicted octanol–water partition coefficient (Wildman–Crippen LogP) is 2.50. The van der Waals surface area contributed by atoms with Crippen LogP contribution in [0.1, 0.15) is 31.2 Å². The molecule has 0 unspecified atom stereocenters. The number of rotatable bonds is 6. The molecule has 0 bridgehead atoms. The number of halogens is 1. The van der Waals surface area contributed by atoms with Crippen LogP contribution in [-0.2, 0) is 16.1 Å². The van der Waals surface area contributed by atoms with Gasteiger partial charge in [0.15, 0.2) is 0 Å². The van der Waals surface area contributed by atoms with E-state index in [9.17, 15) is 9.59 Å². The Hall–Kier alpha value is -1.85. The number of nitrogens with zero attached hydrogens (tertiary/aromatic N) is 1. The van der Waals surface area contributed by atoms with Crippen LogP contribution in [0.5, 0.6) is 0 Å². The van der Waals surface area contributed by atoms with Crippen molar-refractivity contribution in [3.8, 4) is 0 Å². The van der Waals surface area contributed by atoms with Crippen LogP contribution in [0.2, 0.25) is 5.02 Å². The number of carbonyl (C=O) groups is 2. The van der Waals surface area contributed by atoms with Gasteiger partial charge in [-0.25, -0.2) is 0 Å². The van der Waals surface area contributed by atoms with Crippen LogP contribution in [-0.4, -0.2) is 42.4 Å².